The van der Waals surface area contributed by atoms with Crippen molar-refractivity contribution in [1.82, 2.24) is 19.5 Å². The minimum atomic E-state index is -4.70. The van der Waals surface area contributed by atoms with Crippen molar-refractivity contribution >= 4 is 11.5 Å². The van der Waals surface area contributed by atoms with Crippen LogP contribution < -0.4 is 10.1 Å². The van der Waals surface area contributed by atoms with Crippen molar-refractivity contribution in [3.05, 3.63) is 42.1 Å². The lowest BCUT2D eigenvalue weighted by Crippen LogP contribution is -2.40. The molecule has 3 heterocycles. The Balaban J connectivity index is 1.74. The molecule has 1 atom stereocenters. The molecule has 2 aromatic heterocycles. The monoisotopic (exact) mass is 441 g/mol. The summed E-state index contributed by atoms with van der Waals surface area (Å²) in [4.78, 5) is 2.20. The Morgan fingerprint density at radius 3 is 2.71 bits per heavy atom. The largest absolute Gasteiger partial charge is 0.434 e. The van der Waals surface area contributed by atoms with Gasteiger partial charge in [0.2, 0.25) is 5.95 Å². The second kappa shape index (κ2) is 8.29. The van der Waals surface area contributed by atoms with Crippen molar-refractivity contribution in [3.63, 3.8) is 0 Å². The number of nitrogens with zero attached hydrogens (tertiary/aromatic N) is 4. The fourth-order valence-corrected chi connectivity index (χ4v) is 3.80. The number of alkyl halides is 5. The number of ether oxygens (including phenoxy) is 1. The predicted molar refractivity (Wildman–Crippen MR) is 104 cm³/mol. The van der Waals surface area contributed by atoms with Crippen LogP contribution in [0.15, 0.2) is 36.5 Å². The predicted octanol–water partition coefficient (Wildman–Crippen LogP) is 4.52. The van der Waals surface area contributed by atoms with E-state index in [1.54, 1.807) is 22.7 Å². The van der Waals surface area contributed by atoms with Gasteiger partial charge in [-0.05, 0) is 56.8 Å². The number of nitrogens with one attached hydrogen (secondary N) is 1. The van der Waals surface area contributed by atoms with Gasteiger partial charge >= 0.3 is 12.8 Å². The number of rotatable bonds is 5. The molecule has 31 heavy (non-hydrogen) atoms. The van der Waals surface area contributed by atoms with E-state index in [1.165, 1.54) is 0 Å². The van der Waals surface area contributed by atoms with E-state index in [-0.39, 0.29) is 17.3 Å². The second-order valence-corrected chi connectivity index (χ2v) is 7.47. The molecular formula is C20H20F5N5O. The number of halogens is 5. The normalized spacial score (nSPS) is 18.0. The third kappa shape index (κ3) is 4.55. The summed E-state index contributed by atoms with van der Waals surface area (Å²) in [6.45, 7) is -1.44. The Morgan fingerprint density at radius 2 is 2.00 bits per heavy atom. The van der Waals surface area contributed by atoms with Crippen LogP contribution in [-0.2, 0) is 6.18 Å². The smallest absolute Gasteiger partial charge is 0.416 e. The first kappa shape index (κ1) is 21.3. The molecule has 1 saturated heterocycles. The topological polar surface area (TPSA) is 54.7 Å². The highest BCUT2D eigenvalue weighted by atomic mass is 19.4. The third-order valence-electron chi connectivity index (χ3n) is 5.20. The lowest BCUT2D eigenvalue weighted by atomic mass is 10.1. The van der Waals surface area contributed by atoms with E-state index in [9.17, 15) is 22.0 Å². The van der Waals surface area contributed by atoms with E-state index in [2.05, 4.69) is 25.2 Å². The Morgan fingerprint density at radius 1 is 1.19 bits per heavy atom. The van der Waals surface area contributed by atoms with Crippen LogP contribution in [-0.4, -0.2) is 52.3 Å². The Labute approximate surface area is 174 Å². The molecule has 0 aliphatic carbocycles. The molecular weight excluding hydrogens is 421 g/mol. The van der Waals surface area contributed by atoms with E-state index >= 15 is 0 Å². The summed E-state index contributed by atoms with van der Waals surface area (Å²) in [5.41, 5.74) is -0.458. The molecule has 3 aromatic rings. The molecule has 0 radical (unpaired) electrons. The number of likely N-dealkylation sites (N-methyl/N-ethyl adjacent to an activating group) is 1. The molecule has 6 nitrogen and oxygen atoms in total. The number of hydrogen-bond acceptors (Lipinski definition) is 5. The summed E-state index contributed by atoms with van der Waals surface area (Å²) >= 11 is 0. The number of piperidine rings is 1. The summed E-state index contributed by atoms with van der Waals surface area (Å²) in [7, 11) is 2.03. The van der Waals surface area contributed by atoms with E-state index in [0.717, 1.165) is 38.1 Å². The van der Waals surface area contributed by atoms with Crippen molar-refractivity contribution in [2.75, 3.05) is 25.5 Å². The average Bonchev–Trinajstić information content (AvgIpc) is 3.18. The van der Waals surface area contributed by atoms with Crippen LogP contribution in [0.5, 0.6) is 5.75 Å². The molecule has 166 valence electrons. The van der Waals surface area contributed by atoms with Crippen molar-refractivity contribution in [2.24, 2.45) is 0 Å². The number of benzene rings is 1. The van der Waals surface area contributed by atoms with Crippen molar-refractivity contribution in [3.8, 4) is 17.0 Å². The Kier molecular flexibility index (Phi) is 5.69. The highest BCUT2D eigenvalue weighted by Gasteiger charge is 2.32. The van der Waals surface area contributed by atoms with E-state index < -0.39 is 24.1 Å². The molecule has 1 N–H and O–H groups in total. The van der Waals surface area contributed by atoms with Gasteiger partial charge in [-0.1, -0.05) is 0 Å². The van der Waals surface area contributed by atoms with Crippen LogP contribution in [0.3, 0.4) is 0 Å². The zero-order valence-electron chi connectivity index (χ0n) is 16.5. The minimum absolute atomic E-state index is 0.00607. The van der Waals surface area contributed by atoms with Gasteiger partial charge in [-0.15, -0.1) is 10.2 Å². The van der Waals surface area contributed by atoms with Gasteiger partial charge in [-0.3, -0.25) is 4.40 Å². The van der Waals surface area contributed by atoms with Crippen molar-refractivity contribution in [1.29, 1.82) is 0 Å². The summed E-state index contributed by atoms with van der Waals surface area (Å²) in [6.07, 6.45) is -0.980. The zero-order chi connectivity index (χ0) is 22.2. The highest BCUT2D eigenvalue weighted by molar-refractivity contribution is 5.81. The van der Waals surface area contributed by atoms with Crippen LogP contribution in [0.25, 0.3) is 16.8 Å². The first-order valence-electron chi connectivity index (χ1n) is 9.67. The van der Waals surface area contributed by atoms with E-state index in [1.807, 2.05) is 7.05 Å². The molecule has 1 fully saturated rings. The molecule has 0 unspecified atom stereocenters. The summed E-state index contributed by atoms with van der Waals surface area (Å²) in [6, 6.07) is 5.99. The average molecular weight is 441 g/mol. The highest BCUT2D eigenvalue weighted by Crippen LogP contribution is 2.38. The molecule has 1 aliphatic heterocycles. The maximum atomic E-state index is 13.1. The standard InChI is InChI=1S/C20H20F5N5O/c1-29-8-2-4-13(11-29)26-19-28-27-17(15-5-3-9-30(15)19)14-7-6-12(20(23,24)25)10-16(14)31-18(21)22/h3,5-7,9-10,13,18H,2,4,8,11H2,1H3,(H,26,28)/t13-/m1/s1. The number of hydrogen-bond donors (Lipinski definition) is 1. The first-order valence-corrected chi connectivity index (χ1v) is 9.67. The second-order valence-electron chi connectivity index (χ2n) is 7.47. The molecule has 11 heteroatoms. The molecule has 0 bridgehead atoms. The zero-order valence-corrected chi connectivity index (χ0v) is 16.5. The minimum Gasteiger partial charge on any atom is -0.434 e. The SMILES string of the molecule is CN1CCC[C@@H](Nc2nnc(-c3ccc(C(F)(F)F)cc3OC(F)F)c3cccn23)C1. The maximum absolute atomic E-state index is 13.1. The third-order valence-corrected chi connectivity index (χ3v) is 5.20. The van der Waals surface area contributed by atoms with Crippen LogP contribution in [0.2, 0.25) is 0 Å². The molecule has 0 amide bonds. The fourth-order valence-electron chi connectivity index (χ4n) is 3.80. The van der Waals surface area contributed by atoms with Gasteiger partial charge in [0, 0.05) is 24.3 Å². The molecule has 0 saturated carbocycles. The quantitative estimate of drug-likeness (QED) is 0.590. The molecule has 1 aromatic carbocycles. The van der Waals surface area contributed by atoms with Crippen LogP contribution in [0.1, 0.15) is 18.4 Å². The van der Waals surface area contributed by atoms with Crippen molar-refractivity contribution in [2.45, 2.75) is 31.7 Å². The lowest BCUT2D eigenvalue weighted by molar-refractivity contribution is -0.138. The van der Waals surface area contributed by atoms with Gasteiger partial charge in [0.15, 0.2) is 0 Å². The Bertz CT molecular complexity index is 1070. The number of fused-ring (bicyclic) bond motifs is 1. The fraction of sp³-hybridized carbons (Fsp3) is 0.400. The molecule has 1 aliphatic rings. The summed E-state index contributed by atoms with van der Waals surface area (Å²) in [5.74, 6) is -0.149. The lowest BCUT2D eigenvalue weighted by Gasteiger charge is -2.30. The maximum Gasteiger partial charge on any atom is 0.416 e. The Hall–Kier alpha value is -2.95. The van der Waals surface area contributed by atoms with Gasteiger partial charge in [0.25, 0.3) is 0 Å². The van der Waals surface area contributed by atoms with Gasteiger partial charge in [-0.25, -0.2) is 0 Å². The van der Waals surface area contributed by atoms with Gasteiger partial charge in [0.05, 0.1) is 11.1 Å². The number of anilines is 1. The first-order chi connectivity index (χ1) is 14.7. The summed E-state index contributed by atoms with van der Waals surface area (Å²) in [5, 5.41) is 11.7. The van der Waals surface area contributed by atoms with E-state index in [4.69, 9.17) is 0 Å². The van der Waals surface area contributed by atoms with Gasteiger partial charge < -0.3 is 15.0 Å². The van der Waals surface area contributed by atoms with Crippen LogP contribution >= 0.6 is 0 Å². The molecule has 0 spiro atoms. The van der Waals surface area contributed by atoms with Crippen molar-refractivity contribution < 1.29 is 26.7 Å². The van der Waals surface area contributed by atoms with E-state index in [0.29, 0.717) is 17.5 Å². The van der Waals surface area contributed by atoms with Gasteiger partial charge in [0.1, 0.15) is 11.4 Å². The summed E-state index contributed by atoms with van der Waals surface area (Å²) < 4.78 is 71.1. The number of aromatic nitrogens is 3. The van der Waals surface area contributed by atoms with Gasteiger partial charge in [-0.2, -0.15) is 22.0 Å². The van der Waals surface area contributed by atoms with Crippen LogP contribution in [0, 0.1) is 0 Å². The van der Waals surface area contributed by atoms with Crippen LogP contribution in [0.4, 0.5) is 27.9 Å². The number of likely N-dealkylation sites (tertiary alicyclic amines) is 1. The molecule has 4 rings (SSSR count).